The molecule has 21 heavy (non-hydrogen) atoms. The number of carbonyl (C=O) groups is 2. The number of nitrogens with one attached hydrogen (secondary N) is 1. The van der Waals surface area contributed by atoms with Crippen molar-refractivity contribution < 1.29 is 9.59 Å². The van der Waals surface area contributed by atoms with Gasteiger partial charge in [-0.1, -0.05) is 20.8 Å². The fraction of sp³-hybridized carbons (Fsp3) is 0.667. The largest absolute Gasteiger partial charge is 0.340 e. The summed E-state index contributed by atoms with van der Waals surface area (Å²) >= 11 is 1.61. The van der Waals surface area contributed by atoms with Gasteiger partial charge in [-0.25, -0.2) is 4.98 Å². The van der Waals surface area contributed by atoms with E-state index in [9.17, 15) is 9.59 Å². The molecule has 0 saturated carbocycles. The Balaban J connectivity index is 2.26. The van der Waals surface area contributed by atoms with Crippen molar-refractivity contribution >= 4 is 23.2 Å². The summed E-state index contributed by atoms with van der Waals surface area (Å²) < 4.78 is 0. The summed E-state index contributed by atoms with van der Waals surface area (Å²) in [7, 11) is 0. The van der Waals surface area contributed by atoms with E-state index >= 15 is 0 Å². The van der Waals surface area contributed by atoms with Crippen molar-refractivity contribution in [2.75, 3.05) is 0 Å². The Labute approximate surface area is 129 Å². The van der Waals surface area contributed by atoms with Gasteiger partial charge in [-0.15, -0.1) is 11.3 Å². The maximum absolute atomic E-state index is 12.8. The quantitative estimate of drug-likeness (QED) is 0.906. The van der Waals surface area contributed by atoms with E-state index < -0.39 is 11.6 Å². The van der Waals surface area contributed by atoms with Crippen LogP contribution in [0.3, 0.4) is 0 Å². The number of piperazine rings is 1. The molecule has 0 spiro atoms. The Morgan fingerprint density at radius 2 is 2.00 bits per heavy atom. The first-order chi connectivity index (χ1) is 9.97. The molecule has 2 heterocycles. The number of rotatable bonds is 5. The molecule has 1 aromatic rings. The van der Waals surface area contributed by atoms with Crippen LogP contribution in [-0.4, -0.2) is 33.3 Å². The van der Waals surface area contributed by atoms with E-state index in [0.717, 1.165) is 11.4 Å². The molecule has 6 heteroatoms. The Kier molecular flexibility index (Phi) is 4.66. The van der Waals surface area contributed by atoms with Gasteiger partial charge < -0.3 is 10.2 Å². The molecule has 0 aromatic carbocycles. The Hall–Kier alpha value is -1.43. The van der Waals surface area contributed by atoms with Crippen molar-refractivity contribution in [3.05, 3.63) is 16.1 Å². The first-order valence-electron chi connectivity index (χ1n) is 7.54. The molecule has 1 aliphatic heterocycles. The molecule has 5 nitrogen and oxygen atoms in total. The average Bonchev–Trinajstić information content (AvgIpc) is 2.95. The third-order valence-electron chi connectivity index (χ3n) is 4.34. The third kappa shape index (κ3) is 2.81. The van der Waals surface area contributed by atoms with Gasteiger partial charge in [0.15, 0.2) is 0 Å². The molecule has 1 atom stereocenters. The van der Waals surface area contributed by atoms with Crippen molar-refractivity contribution in [2.24, 2.45) is 0 Å². The van der Waals surface area contributed by atoms with Crippen molar-refractivity contribution in [3.8, 4) is 0 Å². The van der Waals surface area contributed by atoms with E-state index in [0.29, 0.717) is 19.4 Å². The molecule has 0 aliphatic carbocycles. The lowest BCUT2D eigenvalue weighted by molar-refractivity contribution is -0.155. The number of aromatic nitrogens is 1. The second kappa shape index (κ2) is 6.13. The number of hydrogen-bond acceptors (Lipinski definition) is 4. The fourth-order valence-electron chi connectivity index (χ4n) is 2.65. The van der Waals surface area contributed by atoms with Crippen molar-refractivity contribution in [1.82, 2.24) is 15.2 Å². The highest BCUT2D eigenvalue weighted by Crippen LogP contribution is 2.27. The van der Waals surface area contributed by atoms with Crippen LogP contribution in [0, 0.1) is 0 Å². The zero-order chi connectivity index (χ0) is 15.6. The number of hydrogen-bond donors (Lipinski definition) is 1. The smallest absolute Gasteiger partial charge is 0.249 e. The highest BCUT2D eigenvalue weighted by molar-refractivity contribution is 7.11. The van der Waals surface area contributed by atoms with Gasteiger partial charge in [0.1, 0.15) is 16.6 Å². The molecule has 1 saturated heterocycles. The van der Waals surface area contributed by atoms with Crippen LogP contribution in [0.15, 0.2) is 6.20 Å². The van der Waals surface area contributed by atoms with Crippen LogP contribution in [0.4, 0.5) is 0 Å². The van der Waals surface area contributed by atoms with Crippen molar-refractivity contribution in [1.29, 1.82) is 0 Å². The summed E-state index contributed by atoms with van der Waals surface area (Å²) in [4.78, 5) is 32.3. The Bertz CT molecular complexity index is 537. The van der Waals surface area contributed by atoms with E-state index in [1.54, 1.807) is 23.2 Å². The number of amides is 2. The summed E-state index contributed by atoms with van der Waals surface area (Å²) in [5.74, 6) is -0.0709. The molecule has 1 N–H and O–H groups in total. The van der Waals surface area contributed by atoms with Gasteiger partial charge in [-0.3, -0.25) is 9.59 Å². The maximum atomic E-state index is 12.8. The third-order valence-corrected chi connectivity index (χ3v) is 5.47. The summed E-state index contributed by atoms with van der Waals surface area (Å²) in [6.45, 7) is 8.15. The summed E-state index contributed by atoms with van der Waals surface area (Å²) in [6, 6.07) is -0.447. The molecule has 1 unspecified atom stereocenters. The summed E-state index contributed by atoms with van der Waals surface area (Å²) in [5, 5.41) is 3.81. The Morgan fingerprint density at radius 3 is 2.52 bits per heavy atom. The number of aryl methyl sites for hydroxylation is 1. The lowest BCUT2D eigenvalue weighted by Gasteiger charge is -2.44. The summed E-state index contributed by atoms with van der Waals surface area (Å²) in [6.07, 6.45) is 4.01. The monoisotopic (exact) mass is 309 g/mol. The van der Waals surface area contributed by atoms with E-state index in [1.807, 2.05) is 20.0 Å². The molecule has 2 rings (SSSR count). The van der Waals surface area contributed by atoms with Crippen LogP contribution in [0.1, 0.15) is 50.4 Å². The Morgan fingerprint density at radius 1 is 1.33 bits per heavy atom. The van der Waals surface area contributed by atoms with Crippen molar-refractivity contribution in [2.45, 2.75) is 65.1 Å². The molecule has 0 bridgehead atoms. The zero-order valence-electron chi connectivity index (χ0n) is 13.1. The van der Waals surface area contributed by atoms with Crippen LogP contribution in [0.5, 0.6) is 0 Å². The molecular weight excluding hydrogens is 286 g/mol. The maximum Gasteiger partial charge on any atom is 0.249 e. The van der Waals surface area contributed by atoms with E-state index in [2.05, 4.69) is 17.2 Å². The van der Waals surface area contributed by atoms with Crippen LogP contribution in [-0.2, 0) is 22.6 Å². The van der Waals surface area contributed by atoms with E-state index in [1.165, 1.54) is 4.88 Å². The van der Waals surface area contributed by atoms with Gasteiger partial charge in [0.2, 0.25) is 11.8 Å². The predicted octanol–water partition coefficient (Wildman–Crippen LogP) is 2.11. The van der Waals surface area contributed by atoms with Crippen LogP contribution in [0.2, 0.25) is 0 Å². The second-order valence-electron chi connectivity index (χ2n) is 5.46. The molecule has 0 radical (unpaired) electrons. The first kappa shape index (κ1) is 15.9. The molecular formula is C15H23N3O2S. The van der Waals surface area contributed by atoms with Crippen LogP contribution in [0.25, 0.3) is 0 Å². The standard InChI is InChI=1S/C15H23N3O2S/c1-5-11-8-16-12(21-11)9-18-10(4)13(19)17-15(6-2,7-3)14(18)20/h8,10H,5-7,9H2,1-4H3,(H,17,19). The SMILES string of the molecule is CCc1cnc(CN2C(=O)C(CC)(CC)NC(=O)C2C)s1. The highest BCUT2D eigenvalue weighted by atomic mass is 32.1. The minimum atomic E-state index is -0.756. The lowest BCUT2D eigenvalue weighted by Crippen LogP contribution is -2.69. The van der Waals surface area contributed by atoms with Crippen molar-refractivity contribution in [3.63, 3.8) is 0 Å². The van der Waals surface area contributed by atoms with E-state index in [-0.39, 0.29) is 11.8 Å². The number of thiazole rings is 1. The summed E-state index contributed by atoms with van der Waals surface area (Å²) in [5.41, 5.74) is -0.756. The topological polar surface area (TPSA) is 62.3 Å². The minimum absolute atomic E-state index is 0.00727. The first-order valence-corrected chi connectivity index (χ1v) is 8.35. The number of nitrogens with zero attached hydrogens (tertiary/aromatic N) is 2. The predicted molar refractivity (Wildman–Crippen MR) is 83.0 cm³/mol. The average molecular weight is 309 g/mol. The van der Waals surface area contributed by atoms with Gasteiger partial charge in [0.05, 0.1) is 6.54 Å². The zero-order valence-corrected chi connectivity index (χ0v) is 13.9. The fourth-order valence-corrected chi connectivity index (χ4v) is 3.52. The van der Waals surface area contributed by atoms with Gasteiger partial charge in [0, 0.05) is 11.1 Å². The molecule has 2 amide bonds. The van der Waals surface area contributed by atoms with Gasteiger partial charge in [0.25, 0.3) is 0 Å². The molecule has 1 aliphatic rings. The minimum Gasteiger partial charge on any atom is -0.340 e. The van der Waals surface area contributed by atoms with Gasteiger partial charge in [-0.2, -0.15) is 0 Å². The molecule has 1 fully saturated rings. The van der Waals surface area contributed by atoms with Gasteiger partial charge >= 0.3 is 0 Å². The lowest BCUT2D eigenvalue weighted by atomic mass is 9.87. The van der Waals surface area contributed by atoms with Gasteiger partial charge in [-0.05, 0) is 26.2 Å². The second-order valence-corrected chi connectivity index (χ2v) is 6.66. The molecule has 1 aromatic heterocycles. The highest BCUT2D eigenvalue weighted by Gasteiger charge is 2.47. The van der Waals surface area contributed by atoms with Crippen LogP contribution >= 0.6 is 11.3 Å². The van der Waals surface area contributed by atoms with Crippen LogP contribution < -0.4 is 5.32 Å². The normalized spacial score (nSPS) is 21.5. The number of carbonyl (C=O) groups excluding carboxylic acids is 2. The van der Waals surface area contributed by atoms with E-state index in [4.69, 9.17) is 0 Å². The molecule has 116 valence electrons.